The molecule has 1 aromatic carbocycles. The van der Waals surface area contributed by atoms with Gasteiger partial charge in [0, 0.05) is 23.1 Å². The summed E-state index contributed by atoms with van der Waals surface area (Å²) < 4.78 is 30.1. The number of nitrogens with zero attached hydrogens (tertiary/aromatic N) is 3. The number of carbonyl (C=O) groups is 1. The van der Waals surface area contributed by atoms with Gasteiger partial charge in [-0.2, -0.15) is 0 Å². The topological polar surface area (TPSA) is 93.4 Å². The van der Waals surface area contributed by atoms with Crippen molar-refractivity contribution in [3.05, 3.63) is 45.5 Å². The molecule has 7 nitrogen and oxygen atoms in total. The van der Waals surface area contributed by atoms with Crippen LogP contribution in [0.1, 0.15) is 21.5 Å². The van der Waals surface area contributed by atoms with E-state index in [1.807, 2.05) is 0 Å². The predicted octanol–water partition coefficient (Wildman–Crippen LogP) is 2.10. The van der Waals surface area contributed by atoms with Crippen LogP contribution in [-0.4, -0.2) is 48.3 Å². The van der Waals surface area contributed by atoms with Crippen LogP contribution in [0, 0.1) is 0 Å². The number of amides is 1. The number of rotatable bonds is 2. The van der Waals surface area contributed by atoms with Crippen molar-refractivity contribution >= 4 is 43.3 Å². The molecule has 0 N–H and O–H groups in total. The lowest BCUT2D eigenvalue weighted by Crippen LogP contribution is -2.45. The van der Waals surface area contributed by atoms with E-state index in [1.54, 1.807) is 18.2 Å². The first-order valence-corrected chi connectivity index (χ1v) is 9.49. The maximum atomic E-state index is 12.6. The third-order valence-corrected chi connectivity index (χ3v) is 6.77. The largest absolute Gasteiger partial charge is 0.427 e. The molecule has 1 atom stereocenters. The Bertz CT molecular complexity index is 841. The maximum Gasteiger partial charge on any atom is 0.253 e. The highest BCUT2D eigenvalue weighted by Crippen LogP contribution is 2.28. The van der Waals surface area contributed by atoms with E-state index in [0.29, 0.717) is 15.1 Å². The van der Waals surface area contributed by atoms with E-state index in [4.69, 9.17) is 16.0 Å². The highest BCUT2D eigenvalue weighted by molar-refractivity contribution is 9.10. The third kappa shape index (κ3) is 3.26. The average Bonchev–Trinajstić information content (AvgIpc) is 3.03. The molecule has 1 aliphatic rings. The van der Waals surface area contributed by atoms with Crippen LogP contribution in [0.4, 0.5) is 0 Å². The van der Waals surface area contributed by atoms with Crippen molar-refractivity contribution in [2.45, 2.75) is 5.25 Å². The van der Waals surface area contributed by atoms with Gasteiger partial charge in [0.1, 0.15) is 0 Å². The van der Waals surface area contributed by atoms with Crippen LogP contribution in [0.2, 0.25) is 5.02 Å². The van der Waals surface area contributed by atoms with Gasteiger partial charge in [-0.05, 0) is 34.1 Å². The minimum Gasteiger partial charge on any atom is -0.427 e. The number of hydrogen-bond acceptors (Lipinski definition) is 6. The van der Waals surface area contributed by atoms with Crippen LogP contribution < -0.4 is 0 Å². The molecule has 0 radical (unpaired) electrons. The molecule has 0 bridgehead atoms. The molecule has 23 heavy (non-hydrogen) atoms. The Morgan fingerprint density at radius 2 is 2.22 bits per heavy atom. The number of carbonyl (C=O) groups excluding carboxylic acids is 1. The zero-order valence-corrected chi connectivity index (χ0v) is 14.8. The van der Waals surface area contributed by atoms with Crippen LogP contribution in [0.5, 0.6) is 0 Å². The van der Waals surface area contributed by atoms with E-state index in [0.717, 1.165) is 6.39 Å². The van der Waals surface area contributed by atoms with Crippen molar-refractivity contribution in [2.24, 2.45) is 0 Å². The molecular formula is C13H11BrClN3O4S. The van der Waals surface area contributed by atoms with Gasteiger partial charge in [-0.15, -0.1) is 10.2 Å². The molecule has 1 fully saturated rings. The van der Waals surface area contributed by atoms with Crippen LogP contribution in [0.15, 0.2) is 33.5 Å². The third-order valence-electron chi connectivity index (χ3n) is 3.57. The molecule has 1 aromatic heterocycles. The quantitative estimate of drug-likeness (QED) is 0.738. The smallest absolute Gasteiger partial charge is 0.253 e. The van der Waals surface area contributed by atoms with Crippen molar-refractivity contribution in [3.8, 4) is 0 Å². The molecular weight excluding hydrogens is 410 g/mol. The summed E-state index contributed by atoms with van der Waals surface area (Å²) in [6.07, 6.45) is 1.07. The summed E-state index contributed by atoms with van der Waals surface area (Å²) in [5, 5.41) is 6.58. The molecule has 0 saturated carbocycles. The summed E-state index contributed by atoms with van der Waals surface area (Å²) in [6.45, 7) is 0.0799. The summed E-state index contributed by atoms with van der Waals surface area (Å²) in [6, 6.07) is 4.84. The Kier molecular flexibility index (Phi) is 4.43. The summed E-state index contributed by atoms with van der Waals surface area (Å²) in [5.74, 6) is -0.453. The average molecular weight is 421 g/mol. The van der Waals surface area contributed by atoms with E-state index >= 15 is 0 Å². The normalized spacial score (nSPS) is 20.4. The molecule has 2 heterocycles. The number of hydrogen-bond donors (Lipinski definition) is 0. The zero-order valence-electron chi connectivity index (χ0n) is 11.6. The first-order valence-electron chi connectivity index (χ1n) is 6.60. The molecule has 1 saturated heterocycles. The Balaban J connectivity index is 1.86. The van der Waals surface area contributed by atoms with Crippen molar-refractivity contribution in [1.29, 1.82) is 0 Å². The van der Waals surface area contributed by atoms with E-state index in [-0.39, 0.29) is 30.6 Å². The number of sulfone groups is 1. The lowest BCUT2D eigenvalue weighted by Gasteiger charge is -2.31. The van der Waals surface area contributed by atoms with Crippen LogP contribution in [0.25, 0.3) is 0 Å². The van der Waals surface area contributed by atoms with E-state index in [9.17, 15) is 13.2 Å². The van der Waals surface area contributed by atoms with E-state index in [1.165, 1.54) is 4.90 Å². The Morgan fingerprint density at radius 3 is 2.87 bits per heavy atom. The van der Waals surface area contributed by atoms with Gasteiger partial charge < -0.3 is 9.32 Å². The molecule has 1 aliphatic heterocycles. The van der Waals surface area contributed by atoms with Gasteiger partial charge in [0.15, 0.2) is 15.1 Å². The lowest BCUT2D eigenvalue weighted by atomic mass is 10.2. The van der Waals surface area contributed by atoms with E-state index in [2.05, 4.69) is 26.1 Å². The molecule has 10 heteroatoms. The first-order chi connectivity index (χ1) is 10.9. The van der Waals surface area contributed by atoms with Gasteiger partial charge in [0.25, 0.3) is 5.91 Å². The number of halogens is 2. The van der Waals surface area contributed by atoms with Crippen molar-refractivity contribution < 1.29 is 17.6 Å². The fraction of sp³-hybridized carbons (Fsp3) is 0.308. The second-order valence-corrected chi connectivity index (χ2v) is 8.58. The Morgan fingerprint density at radius 1 is 1.43 bits per heavy atom. The lowest BCUT2D eigenvalue weighted by molar-refractivity contribution is 0.0755. The fourth-order valence-corrected chi connectivity index (χ4v) is 4.34. The van der Waals surface area contributed by atoms with Gasteiger partial charge in [-0.25, -0.2) is 8.42 Å². The first kappa shape index (κ1) is 16.4. The number of aromatic nitrogens is 2. The SMILES string of the molecule is O=C(c1ccc(Br)c(Cl)c1)N1CCS(=O)(=O)C(c2nnco2)C1. The maximum absolute atomic E-state index is 12.6. The van der Waals surface area contributed by atoms with Crippen molar-refractivity contribution in [3.63, 3.8) is 0 Å². The summed E-state index contributed by atoms with van der Waals surface area (Å²) in [5.41, 5.74) is 0.391. The van der Waals surface area contributed by atoms with Gasteiger partial charge in [0.05, 0.1) is 10.8 Å². The van der Waals surface area contributed by atoms with Crippen LogP contribution >= 0.6 is 27.5 Å². The Hall–Kier alpha value is -1.45. The van der Waals surface area contributed by atoms with Crippen LogP contribution in [0.3, 0.4) is 0 Å². The van der Waals surface area contributed by atoms with E-state index < -0.39 is 15.1 Å². The minimum absolute atomic E-state index is 0.00339. The molecule has 2 aromatic rings. The molecule has 0 spiro atoms. The summed E-state index contributed by atoms with van der Waals surface area (Å²) in [7, 11) is -3.43. The second kappa shape index (κ2) is 6.21. The minimum atomic E-state index is -3.43. The van der Waals surface area contributed by atoms with Crippen LogP contribution in [-0.2, 0) is 9.84 Å². The standard InChI is InChI=1S/C13H11BrClN3O4S/c14-9-2-1-8(5-10(9)15)13(19)18-3-4-23(20,21)11(6-18)12-17-16-7-22-12/h1-2,5,7,11H,3-4,6H2. The second-order valence-electron chi connectivity index (χ2n) is 5.01. The molecule has 3 rings (SSSR count). The van der Waals surface area contributed by atoms with Crippen molar-refractivity contribution in [2.75, 3.05) is 18.8 Å². The van der Waals surface area contributed by atoms with Gasteiger partial charge in [0.2, 0.25) is 12.3 Å². The number of benzene rings is 1. The van der Waals surface area contributed by atoms with Gasteiger partial charge in [-0.3, -0.25) is 4.79 Å². The highest BCUT2D eigenvalue weighted by atomic mass is 79.9. The summed E-state index contributed by atoms with van der Waals surface area (Å²) >= 11 is 9.27. The highest BCUT2D eigenvalue weighted by Gasteiger charge is 2.39. The fourth-order valence-electron chi connectivity index (χ4n) is 2.33. The molecule has 0 aliphatic carbocycles. The zero-order chi connectivity index (χ0) is 16.6. The molecule has 122 valence electrons. The van der Waals surface area contributed by atoms with Gasteiger partial charge in [-0.1, -0.05) is 11.6 Å². The Labute approximate surface area is 145 Å². The monoisotopic (exact) mass is 419 g/mol. The van der Waals surface area contributed by atoms with Crippen molar-refractivity contribution in [1.82, 2.24) is 15.1 Å². The predicted molar refractivity (Wildman–Crippen MR) is 85.9 cm³/mol. The summed E-state index contributed by atoms with van der Waals surface area (Å²) in [4.78, 5) is 14.0. The molecule has 1 amide bonds. The van der Waals surface area contributed by atoms with Gasteiger partial charge >= 0.3 is 0 Å². The molecule has 1 unspecified atom stereocenters.